The highest BCUT2D eigenvalue weighted by atomic mass is 19.1. The van der Waals surface area contributed by atoms with Gasteiger partial charge in [-0.25, -0.2) is 9.37 Å². The van der Waals surface area contributed by atoms with Gasteiger partial charge >= 0.3 is 0 Å². The van der Waals surface area contributed by atoms with Gasteiger partial charge in [-0.2, -0.15) is 0 Å². The summed E-state index contributed by atoms with van der Waals surface area (Å²) in [5.41, 5.74) is 2.61. The summed E-state index contributed by atoms with van der Waals surface area (Å²) in [6.07, 6.45) is 1.82. The first kappa shape index (κ1) is 17.7. The molecule has 2 heterocycles. The number of aromatic amines is 1. The number of hydrogen-bond acceptors (Lipinski definition) is 4. The van der Waals surface area contributed by atoms with E-state index in [1.165, 1.54) is 6.07 Å². The van der Waals surface area contributed by atoms with Gasteiger partial charge in [0.05, 0.1) is 38.3 Å². The normalized spacial score (nSPS) is 17.8. The van der Waals surface area contributed by atoms with Crippen molar-refractivity contribution < 1.29 is 13.9 Å². The van der Waals surface area contributed by atoms with E-state index in [4.69, 9.17) is 9.47 Å². The van der Waals surface area contributed by atoms with Crippen molar-refractivity contribution in [2.24, 2.45) is 0 Å². The SMILES string of the molecule is COc1cccc(-c2cnc([C@@H]3COCCN3Cc3ccccc3F)[nH]2)c1. The zero-order chi connectivity index (χ0) is 18.6. The Bertz CT molecular complexity index is 912. The minimum Gasteiger partial charge on any atom is -0.497 e. The molecule has 1 atom stereocenters. The molecule has 1 aliphatic heterocycles. The summed E-state index contributed by atoms with van der Waals surface area (Å²) < 4.78 is 25.0. The Kier molecular flexibility index (Phi) is 5.18. The lowest BCUT2D eigenvalue weighted by molar-refractivity contribution is -0.0160. The van der Waals surface area contributed by atoms with Crippen LogP contribution in [0.2, 0.25) is 0 Å². The predicted molar refractivity (Wildman–Crippen MR) is 101 cm³/mol. The zero-order valence-corrected chi connectivity index (χ0v) is 15.2. The molecule has 1 aromatic heterocycles. The zero-order valence-electron chi connectivity index (χ0n) is 15.2. The molecule has 27 heavy (non-hydrogen) atoms. The van der Waals surface area contributed by atoms with Crippen molar-refractivity contribution in [1.82, 2.24) is 14.9 Å². The summed E-state index contributed by atoms with van der Waals surface area (Å²) >= 11 is 0. The maximum atomic E-state index is 14.1. The van der Waals surface area contributed by atoms with Gasteiger partial charge in [0.25, 0.3) is 0 Å². The summed E-state index contributed by atoms with van der Waals surface area (Å²) in [7, 11) is 1.65. The van der Waals surface area contributed by atoms with Gasteiger partial charge in [0.15, 0.2) is 0 Å². The lowest BCUT2D eigenvalue weighted by Crippen LogP contribution is -2.39. The van der Waals surface area contributed by atoms with Crippen molar-refractivity contribution in [2.75, 3.05) is 26.9 Å². The Morgan fingerprint density at radius 3 is 3.00 bits per heavy atom. The smallest absolute Gasteiger partial charge is 0.127 e. The van der Waals surface area contributed by atoms with Gasteiger partial charge in [0, 0.05) is 24.2 Å². The molecular weight excluding hydrogens is 345 g/mol. The summed E-state index contributed by atoms with van der Waals surface area (Å²) in [5.74, 6) is 1.44. The quantitative estimate of drug-likeness (QED) is 0.745. The van der Waals surface area contributed by atoms with Crippen LogP contribution in [0.1, 0.15) is 17.4 Å². The minimum atomic E-state index is -0.181. The van der Waals surface area contributed by atoms with Gasteiger partial charge in [-0.05, 0) is 18.2 Å². The third-order valence-electron chi connectivity index (χ3n) is 4.86. The Balaban J connectivity index is 1.57. The first-order valence-electron chi connectivity index (χ1n) is 8.99. The average molecular weight is 367 g/mol. The number of methoxy groups -OCH3 is 1. The number of rotatable bonds is 5. The van der Waals surface area contributed by atoms with Crippen LogP contribution in [0.5, 0.6) is 5.75 Å². The highest BCUT2D eigenvalue weighted by Crippen LogP contribution is 2.28. The lowest BCUT2D eigenvalue weighted by Gasteiger charge is -2.34. The van der Waals surface area contributed by atoms with Crippen molar-refractivity contribution in [3.63, 3.8) is 0 Å². The number of halogens is 1. The molecule has 6 heteroatoms. The minimum absolute atomic E-state index is 0.0438. The number of H-pyrrole nitrogens is 1. The largest absolute Gasteiger partial charge is 0.497 e. The van der Waals surface area contributed by atoms with Crippen molar-refractivity contribution >= 4 is 0 Å². The number of nitrogens with zero attached hydrogens (tertiary/aromatic N) is 2. The number of hydrogen-bond donors (Lipinski definition) is 1. The van der Waals surface area contributed by atoms with Gasteiger partial charge in [0.1, 0.15) is 17.4 Å². The Morgan fingerprint density at radius 1 is 1.26 bits per heavy atom. The van der Waals surface area contributed by atoms with E-state index in [0.717, 1.165) is 29.4 Å². The monoisotopic (exact) mass is 367 g/mol. The summed E-state index contributed by atoms with van der Waals surface area (Å²) in [4.78, 5) is 10.2. The van der Waals surface area contributed by atoms with E-state index in [0.29, 0.717) is 25.3 Å². The maximum absolute atomic E-state index is 14.1. The predicted octanol–water partition coefficient (Wildman–Crippen LogP) is 3.80. The van der Waals surface area contributed by atoms with Crippen molar-refractivity contribution in [3.8, 4) is 17.0 Å². The first-order chi connectivity index (χ1) is 13.2. The lowest BCUT2D eigenvalue weighted by atomic mass is 10.1. The van der Waals surface area contributed by atoms with E-state index >= 15 is 0 Å². The Labute approximate surface area is 157 Å². The number of aromatic nitrogens is 2. The van der Waals surface area contributed by atoms with Crippen LogP contribution >= 0.6 is 0 Å². The standard InChI is InChI=1S/C21H22FN3O2/c1-26-17-7-4-6-15(11-17)19-12-23-21(24-19)20-14-27-10-9-25(20)13-16-5-2-3-8-18(16)22/h2-8,11-12,20H,9-10,13-14H2,1H3,(H,23,24)/t20-/m0/s1. The Hall–Kier alpha value is -2.70. The van der Waals surface area contributed by atoms with Crippen LogP contribution in [-0.2, 0) is 11.3 Å². The number of imidazole rings is 1. The average Bonchev–Trinajstić information content (AvgIpc) is 3.20. The van der Waals surface area contributed by atoms with Crippen LogP contribution in [0.4, 0.5) is 4.39 Å². The molecule has 1 aliphatic rings. The molecule has 0 aliphatic carbocycles. The second kappa shape index (κ2) is 7.90. The molecule has 140 valence electrons. The van der Waals surface area contributed by atoms with Gasteiger partial charge in [-0.15, -0.1) is 0 Å². The molecule has 0 spiro atoms. The van der Waals surface area contributed by atoms with E-state index in [-0.39, 0.29) is 11.9 Å². The van der Waals surface area contributed by atoms with E-state index in [1.807, 2.05) is 42.6 Å². The van der Waals surface area contributed by atoms with Gasteiger partial charge < -0.3 is 14.5 Å². The molecule has 0 radical (unpaired) electrons. The highest BCUT2D eigenvalue weighted by molar-refractivity contribution is 5.60. The fourth-order valence-electron chi connectivity index (χ4n) is 3.37. The molecule has 1 N–H and O–H groups in total. The second-order valence-corrected chi connectivity index (χ2v) is 6.57. The molecule has 3 aromatic rings. The summed E-state index contributed by atoms with van der Waals surface area (Å²) in [6.45, 7) is 2.41. The van der Waals surface area contributed by atoms with Crippen LogP contribution in [0.15, 0.2) is 54.7 Å². The van der Waals surface area contributed by atoms with E-state index in [9.17, 15) is 4.39 Å². The molecular formula is C21H22FN3O2. The van der Waals surface area contributed by atoms with Crippen LogP contribution in [-0.4, -0.2) is 41.7 Å². The summed E-state index contributed by atoms with van der Waals surface area (Å²) in [6, 6.07) is 14.7. The third kappa shape index (κ3) is 3.86. The molecule has 1 fully saturated rings. The van der Waals surface area contributed by atoms with Crippen LogP contribution < -0.4 is 4.74 Å². The van der Waals surface area contributed by atoms with Gasteiger partial charge in [0.2, 0.25) is 0 Å². The summed E-state index contributed by atoms with van der Waals surface area (Å²) in [5, 5.41) is 0. The molecule has 0 saturated carbocycles. The van der Waals surface area contributed by atoms with Crippen LogP contribution in [0.3, 0.4) is 0 Å². The van der Waals surface area contributed by atoms with Crippen LogP contribution in [0.25, 0.3) is 11.3 Å². The molecule has 4 rings (SSSR count). The van der Waals surface area contributed by atoms with Crippen molar-refractivity contribution in [1.29, 1.82) is 0 Å². The molecule has 0 bridgehead atoms. The maximum Gasteiger partial charge on any atom is 0.127 e. The molecule has 0 amide bonds. The van der Waals surface area contributed by atoms with E-state index in [1.54, 1.807) is 13.2 Å². The molecule has 5 nitrogen and oxygen atoms in total. The Morgan fingerprint density at radius 2 is 2.15 bits per heavy atom. The third-order valence-corrected chi connectivity index (χ3v) is 4.86. The van der Waals surface area contributed by atoms with Crippen LogP contribution in [0, 0.1) is 5.82 Å². The number of nitrogens with one attached hydrogen (secondary N) is 1. The van der Waals surface area contributed by atoms with Crippen molar-refractivity contribution in [2.45, 2.75) is 12.6 Å². The first-order valence-corrected chi connectivity index (χ1v) is 8.99. The number of ether oxygens (including phenoxy) is 2. The van der Waals surface area contributed by atoms with E-state index in [2.05, 4.69) is 14.9 Å². The van der Waals surface area contributed by atoms with Gasteiger partial charge in [-0.1, -0.05) is 30.3 Å². The second-order valence-electron chi connectivity index (χ2n) is 6.57. The highest BCUT2D eigenvalue weighted by Gasteiger charge is 2.27. The number of morpholine rings is 1. The van der Waals surface area contributed by atoms with E-state index < -0.39 is 0 Å². The van der Waals surface area contributed by atoms with Crippen molar-refractivity contribution in [3.05, 3.63) is 71.9 Å². The molecule has 2 aromatic carbocycles. The topological polar surface area (TPSA) is 50.4 Å². The fraction of sp³-hybridized carbons (Fsp3) is 0.286. The molecule has 0 unspecified atom stereocenters. The fourth-order valence-corrected chi connectivity index (χ4v) is 3.37. The molecule has 1 saturated heterocycles. The number of benzene rings is 2. The van der Waals surface area contributed by atoms with Gasteiger partial charge in [-0.3, -0.25) is 4.90 Å².